The van der Waals surface area contributed by atoms with Crippen molar-refractivity contribution >= 4 is 48.3 Å². The summed E-state index contributed by atoms with van der Waals surface area (Å²) >= 11 is 5.21. The van der Waals surface area contributed by atoms with Crippen molar-refractivity contribution in [1.29, 1.82) is 0 Å². The van der Waals surface area contributed by atoms with Crippen molar-refractivity contribution in [3.8, 4) is 0 Å². The molecule has 21 heavy (non-hydrogen) atoms. The summed E-state index contributed by atoms with van der Waals surface area (Å²) in [7, 11) is 0. The van der Waals surface area contributed by atoms with Gasteiger partial charge < -0.3 is 5.32 Å². The van der Waals surface area contributed by atoms with Crippen LogP contribution in [0, 0.1) is 0 Å². The Labute approximate surface area is 136 Å². The van der Waals surface area contributed by atoms with Crippen molar-refractivity contribution < 1.29 is 0 Å². The number of nitrogens with zero attached hydrogens (tertiary/aromatic N) is 1. The van der Waals surface area contributed by atoms with Crippen molar-refractivity contribution in [2.24, 2.45) is 0 Å². The Morgan fingerprint density at radius 3 is 2.95 bits per heavy atom. The second-order valence-corrected chi connectivity index (χ2v) is 7.35. The fourth-order valence-corrected chi connectivity index (χ4v) is 4.18. The first kappa shape index (κ1) is 13.3. The van der Waals surface area contributed by atoms with Crippen LogP contribution in [0.3, 0.4) is 0 Å². The summed E-state index contributed by atoms with van der Waals surface area (Å²) in [5.41, 5.74) is 5.24. The normalized spacial score (nSPS) is 14.1. The summed E-state index contributed by atoms with van der Waals surface area (Å²) < 4.78 is 2.29. The van der Waals surface area contributed by atoms with Crippen LogP contribution in [-0.2, 0) is 12.8 Å². The third-order valence-corrected chi connectivity index (χ3v) is 5.43. The summed E-state index contributed by atoms with van der Waals surface area (Å²) in [6.45, 7) is 0. The predicted octanol–water partition coefficient (Wildman–Crippen LogP) is 5.68. The second kappa shape index (κ2) is 5.43. The van der Waals surface area contributed by atoms with Crippen LogP contribution in [0.5, 0.6) is 0 Å². The average Bonchev–Trinajstić information content (AvgIpc) is 2.89. The molecule has 0 spiro atoms. The maximum absolute atomic E-state index is 4.70. The summed E-state index contributed by atoms with van der Waals surface area (Å²) in [5.74, 6) is 0. The van der Waals surface area contributed by atoms with Gasteiger partial charge in [0.05, 0.1) is 10.2 Å². The lowest BCUT2D eigenvalue weighted by Crippen LogP contribution is -2.05. The molecule has 0 unspecified atom stereocenters. The second-order valence-electron chi connectivity index (χ2n) is 5.41. The topological polar surface area (TPSA) is 24.9 Å². The minimum Gasteiger partial charge on any atom is -0.331 e. The molecule has 1 heterocycles. The first-order valence-electron chi connectivity index (χ1n) is 7.23. The number of benzene rings is 2. The van der Waals surface area contributed by atoms with Crippen molar-refractivity contribution in [2.45, 2.75) is 25.7 Å². The molecule has 4 heteroatoms. The molecule has 1 N–H and O–H groups in total. The highest BCUT2D eigenvalue weighted by Gasteiger charge is 2.14. The molecule has 2 aromatic carbocycles. The predicted molar refractivity (Wildman–Crippen MR) is 93.7 cm³/mol. The molecule has 4 rings (SSSR count). The molecule has 1 aliphatic rings. The number of aromatic nitrogens is 1. The van der Waals surface area contributed by atoms with Gasteiger partial charge in [-0.1, -0.05) is 39.4 Å². The molecule has 0 fully saturated rings. The highest BCUT2D eigenvalue weighted by molar-refractivity contribution is 9.10. The number of rotatable bonds is 2. The summed E-state index contributed by atoms with van der Waals surface area (Å²) in [4.78, 5) is 4.70. The van der Waals surface area contributed by atoms with Gasteiger partial charge in [0.2, 0.25) is 0 Å². The van der Waals surface area contributed by atoms with Gasteiger partial charge in [-0.05, 0) is 61.1 Å². The van der Waals surface area contributed by atoms with E-state index >= 15 is 0 Å². The number of aryl methyl sites for hydroxylation is 1. The number of halogens is 1. The molecule has 0 amide bonds. The molecule has 106 valence electrons. The number of hydrogen-bond acceptors (Lipinski definition) is 3. The lowest BCUT2D eigenvalue weighted by Gasteiger charge is -2.19. The molecule has 0 saturated heterocycles. The first-order chi connectivity index (χ1) is 10.3. The first-order valence-corrected chi connectivity index (χ1v) is 8.84. The van der Waals surface area contributed by atoms with Crippen LogP contribution >= 0.6 is 27.3 Å². The summed E-state index contributed by atoms with van der Waals surface area (Å²) in [6.07, 6.45) is 4.98. The van der Waals surface area contributed by atoms with E-state index < -0.39 is 0 Å². The van der Waals surface area contributed by atoms with Crippen LogP contribution in [0.2, 0.25) is 0 Å². The third kappa shape index (κ3) is 2.58. The van der Waals surface area contributed by atoms with E-state index in [4.69, 9.17) is 4.98 Å². The fourth-order valence-electron chi connectivity index (χ4n) is 2.97. The number of thiazole rings is 1. The summed E-state index contributed by atoms with van der Waals surface area (Å²) in [6, 6.07) is 12.8. The van der Waals surface area contributed by atoms with Gasteiger partial charge in [-0.3, -0.25) is 0 Å². The van der Waals surface area contributed by atoms with Gasteiger partial charge in [-0.15, -0.1) is 0 Å². The molecule has 1 aliphatic carbocycles. The Morgan fingerprint density at radius 2 is 2.00 bits per heavy atom. The van der Waals surface area contributed by atoms with E-state index in [9.17, 15) is 0 Å². The van der Waals surface area contributed by atoms with Crippen molar-refractivity contribution in [1.82, 2.24) is 4.98 Å². The Balaban J connectivity index is 1.71. The Bertz CT molecular complexity index is 810. The molecule has 0 aliphatic heterocycles. The zero-order chi connectivity index (χ0) is 14.2. The smallest absolute Gasteiger partial charge is 0.188 e. The van der Waals surface area contributed by atoms with Crippen LogP contribution in [0.15, 0.2) is 40.9 Å². The van der Waals surface area contributed by atoms with Gasteiger partial charge in [0.15, 0.2) is 5.13 Å². The quantitative estimate of drug-likeness (QED) is 0.637. The molecular formula is C17H15BrN2S. The Morgan fingerprint density at radius 1 is 1.10 bits per heavy atom. The monoisotopic (exact) mass is 358 g/mol. The van der Waals surface area contributed by atoms with Gasteiger partial charge in [-0.2, -0.15) is 0 Å². The fraction of sp³-hybridized carbons (Fsp3) is 0.235. The van der Waals surface area contributed by atoms with Gasteiger partial charge in [-0.25, -0.2) is 4.98 Å². The molecular weight excluding hydrogens is 344 g/mol. The summed E-state index contributed by atoms with van der Waals surface area (Å²) in [5, 5.41) is 4.51. The van der Waals surface area contributed by atoms with E-state index in [0.29, 0.717) is 0 Å². The molecule has 1 aromatic heterocycles. The Kier molecular flexibility index (Phi) is 3.43. The van der Waals surface area contributed by atoms with Crippen LogP contribution in [0.1, 0.15) is 24.0 Å². The van der Waals surface area contributed by atoms with Gasteiger partial charge >= 0.3 is 0 Å². The average molecular weight is 359 g/mol. The maximum Gasteiger partial charge on any atom is 0.188 e. The number of anilines is 2. The van der Waals surface area contributed by atoms with Crippen LogP contribution in [0.25, 0.3) is 10.2 Å². The van der Waals surface area contributed by atoms with Gasteiger partial charge in [0.1, 0.15) is 0 Å². The van der Waals surface area contributed by atoms with Crippen molar-refractivity contribution in [2.75, 3.05) is 5.32 Å². The number of fused-ring (bicyclic) bond motifs is 2. The molecule has 2 nitrogen and oxygen atoms in total. The third-order valence-electron chi connectivity index (χ3n) is 3.99. The highest BCUT2D eigenvalue weighted by atomic mass is 79.9. The zero-order valence-electron chi connectivity index (χ0n) is 11.5. The molecule has 3 aromatic rings. The minimum absolute atomic E-state index is 0.974. The van der Waals surface area contributed by atoms with Crippen LogP contribution < -0.4 is 5.32 Å². The van der Waals surface area contributed by atoms with Crippen molar-refractivity contribution in [3.05, 3.63) is 52.0 Å². The molecule has 0 bridgehead atoms. The lowest BCUT2D eigenvalue weighted by atomic mass is 9.90. The highest BCUT2D eigenvalue weighted by Crippen LogP contribution is 2.33. The largest absolute Gasteiger partial charge is 0.331 e. The molecule has 0 radical (unpaired) electrons. The van der Waals surface area contributed by atoms with E-state index in [1.54, 1.807) is 11.3 Å². The van der Waals surface area contributed by atoms with E-state index in [1.807, 2.05) is 0 Å². The standard InChI is InChI=1S/C17H15BrN2S/c18-12-8-9-16-15(10-12)20-17(21-16)19-14-7-3-5-11-4-1-2-6-13(11)14/h3,5,7-10H,1-2,4,6H2,(H,19,20). The van der Waals surface area contributed by atoms with Crippen molar-refractivity contribution in [3.63, 3.8) is 0 Å². The van der Waals surface area contributed by atoms with E-state index in [2.05, 4.69) is 57.6 Å². The minimum atomic E-state index is 0.974. The molecule has 0 saturated carbocycles. The van der Waals surface area contributed by atoms with Crippen LogP contribution in [0.4, 0.5) is 10.8 Å². The van der Waals surface area contributed by atoms with Gasteiger partial charge in [0.25, 0.3) is 0 Å². The van der Waals surface area contributed by atoms with E-state index in [1.165, 1.54) is 47.2 Å². The van der Waals surface area contributed by atoms with Gasteiger partial charge in [0, 0.05) is 10.2 Å². The van der Waals surface area contributed by atoms with Crippen LogP contribution in [-0.4, -0.2) is 4.98 Å². The van der Waals surface area contributed by atoms with E-state index in [-0.39, 0.29) is 0 Å². The number of hydrogen-bond donors (Lipinski definition) is 1. The number of nitrogens with one attached hydrogen (secondary N) is 1. The molecule has 0 atom stereocenters. The van der Waals surface area contributed by atoms with E-state index in [0.717, 1.165) is 15.1 Å². The Hall–Kier alpha value is -1.39. The zero-order valence-corrected chi connectivity index (χ0v) is 13.9. The maximum atomic E-state index is 4.70. The lowest BCUT2D eigenvalue weighted by molar-refractivity contribution is 0.687. The SMILES string of the molecule is Brc1ccc2sc(Nc3cccc4c3CCCC4)nc2c1.